The van der Waals surface area contributed by atoms with Crippen LogP contribution in [0.3, 0.4) is 0 Å². The quantitative estimate of drug-likeness (QED) is 0.444. The summed E-state index contributed by atoms with van der Waals surface area (Å²) >= 11 is 6.10. The number of anilines is 1. The molecule has 0 radical (unpaired) electrons. The third kappa shape index (κ3) is 4.37. The topological polar surface area (TPSA) is 67.6 Å². The smallest absolute Gasteiger partial charge is 0.233 e. The Morgan fingerprint density at radius 3 is 2.30 bits per heavy atom. The maximum absolute atomic E-state index is 12.7. The van der Waals surface area contributed by atoms with E-state index in [-0.39, 0.29) is 11.7 Å². The van der Waals surface area contributed by atoms with Crippen molar-refractivity contribution in [2.75, 3.05) is 10.6 Å². The van der Waals surface area contributed by atoms with Crippen molar-refractivity contribution in [2.24, 2.45) is 0 Å². The number of fused-ring (bicyclic) bond motifs is 1. The molecule has 6 nitrogen and oxygen atoms in total. The fourth-order valence-corrected chi connectivity index (χ4v) is 4.05. The Balaban J connectivity index is 1.88. The number of imidazole rings is 1. The maximum Gasteiger partial charge on any atom is 0.233 e. The molecule has 0 spiro atoms. The molecular formula is C22H19ClN4O2S. The Morgan fingerprint density at radius 2 is 1.63 bits per heavy atom. The molecule has 4 aromatic rings. The van der Waals surface area contributed by atoms with E-state index in [4.69, 9.17) is 11.6 Å². The zero-order valence-electron chi connectivity index (χ0n) is 16.2. The highest BCUT2D eigenvalue weighted by atomic mass is 35.5. The second-order valence-corrected chi connectivity index (χ2v) is 9.04. The SMILES string of the molecule is CS(=O)(=O)N(Cc1ccccc1)c1nc2ccc(Cl)nn2c1/C=C/c1ccccc1. The van der Waals surface area contributed by atoms with Crippen molar-refractivity contribution in [2.45, 2.75) is 6.54 Å². The predicted molar refractivity (Wildman–Crippen MR) is 121 cm³/mol. The Bertz CT molecular complexity index is 1300. The number of aromatic nitrogens is 3. The van der Waals surface area contributed by atoms with E-state index in [0.717, 1.165) is 11.1 Å². The molecule has 0 saturated heterocycles. The molecule has 0 N–H and O–H groups in total. The molecule has 4 rings (SSSR count). The number of nitrogens with zero attached hydrogens (tertiary/aromatic N) is 4. The van der Waals surface area contributed by atoms with Crippen LogP contribution >= 0.6 is 11.6 Å². The number of hydrogen-bond donors (Lipinski definition) is 0. The Hall–Kier alpha value is -3.16. The van der Waals surface area contributed by atoms with E-state index < -0.39 is 10.0 Å². The molecule has 2 aromatic carbocycles. The van der Waals surface area contributed by atoms with Crippen LogP contribution in [0.4, 0.5) is 5.82 Å². The maximum atomic E-state index is 12.7. The van der Waals surface area contributed by atoms with Gasteiger partial charge >= 0.3 is 0 Å². The fourth-order valence-electron chi connectivity index (χ4n) is 3.08. The average Bonchev–Trinajstić information content (AvgIpc) is 3.08. The van der Waals surface area contributed by atoms with Gasteiger partial charge in [0, 0.05) is 0 Å². The first-order valence-electron chi connectivity index (χ1n) is 9.22. The summed E-state index contributed by atoms with van der Waals surface area (Å²) in [5.41, 5.74) is 2.85. The van der Waals surface area contributed by atoms with E-state index in [1.54, 1.807) is 22.7 Å². The molecule has 0 saturated carbocycles. The van der Waals surface area contributed by atoms with Gasteiger partial charge in [0.15, 0.2) is 11.5 Å². The summed E-state index contributed by atoms with van der Waals surface area (Å²) in [5, 5.41) is 4.61. The monoisotopic (exact) mass is 438 g/mol. The lowest BCUT2D eigenvalue weighted by molar-refractivity contribution is 0.596. The van der Waals surface area contributed by atoms with Gasteiger partial charge in [-0.1, -0.05) is 78.3 Å². The van der Waals surface area contributed by atoms with E-state index >= 15 is 0 Å². The molecule has 0 fully saturated rings. The Labute approximate surface area is 180 Å². The number of rotatable bonds is 6. The van der Waals surface area contributed by atoms with Crippen molar-refractivity contribution in [3.63, 3.8) is 0 Å². The van der Waals surface area contributed by atoms with Gasteiger partial charge in [-0.2, -0.15) is 5.10 Å². The highest BCUT2D eigenvalue weighted by Crippen LogP contribution is 2.27. The summed E-state index contributed by atoms with van der Waals surface area (Å²) in [6.07, 6.45) is 4.86. The predicted octanol–water partition coefficient (Wildman–Crippen LogP) is 4.52. The normalized spacial score (nSPS) is 11.9. The van der Waals surface area contributed by atoms with Gasteiger partial charge < -0.3 is 0 Å². The summed E-state index contributed by atoms with van der Waals surface area (Å²) in [5.74, 6) is 0.295. The van der Waals surface area contributed by atoms with Crippen molar-refractivity contribution in [3.8, 4) is 0 Å². The van der Waals surface area contributed by atoms with Crippen molar-refractivity contribution in [1.29, 1.82) is 0 Å². The summed E-state index contributed by atoms with van der Waals surface area (Å²) < 4.78 is 28.3. The third-order valence-corrected chi connectivity index (χ3v) is 5.80. The standard InChI is InChI=1S/C22H19ClN4O2S/c1-30(28,29)26(16-18-10-6-3-7-11-18)22-19(13-12-17-8-4-2-5-9-17)27-21(24-22)15-14-20(23)25-27/h2-15H,16H2,1H3/b13-12+. The van der Waals surface area contributed by atoms with Gasteiger partial charge in [-0.05, 0) is 29.3 Å². The van der Waals surface area contributed by atoms with Crippen molar-refractivity contribution in [3.05, 3.63) is 94.8 Å². The molecule has 2 aromatic heterocycles. The average molecular weight is 439 g/mol. The molecule has 0 bridgehead atoms. The van der Waals surface area contributed by atoms with Crippen LogP contribution < -0.4 is 4.31 Å². The summed E-state index contributed by atoms with van der Waals surface area (Å²) in [7, 11) is -3.62. The zero-order valence-corrected chi connectivity index (χ0v) is 17.8. The number of benzene rings is 2. The highest BCUT2D eigenvalue weighted by Gasteiger charge is 2.25. The van der Waals surface area contributed by atoms with E-state index in [1.807, 2.05) is 66.7 Å². The molecule has 0 atom stereocenters. The Morgan fingerprint density at radius 1 is 0.967 bits per heavy atom. The van der Waals surface area contributed by atoms with Gasteiger partial charge in [0.1, 0.15) is 10.8 Å². The minimum Gasteiger partial charge on any atom is -0.248 e. The molecule has 0 aliphatic heterocycles. The van der Waals surface area contributed by atoms with E-state index in [9.17, 15) is 8.42 Å². The molecule has 2 heterocycles. The van der Waals surface area contributed by atoms with Crippen LogP contribution in [0.5, 0.6) is 0 Å². The molecular weight excluding hydrogens is 420 g/mol. The van der Waals surface area contributed by atoms with Gasteiger partial charge in [-0.3, -0.25) is 0 Å². The van der Waals surface area contributed by atoms with Crippen LogP contribution in [0.1, 0.15) is 16.8 Å². The molecule has 152 valence electrons. The lowest BCUT2D eigenvalue weighted by Crippen LogP contribution is -2.30. The number of sulfonamides is 1. The first-order valence-corrected chi connectivity index (χ1v) is 11.4. The van der Waals surface area contributed by atoms with E-state index in [1.165, 1.54) is 10.6 Å². The van der Waals surface area contributed by atoms with E-state index in [2.05, 4.69) is 10.1 Å². The molecule has 0 aliphatic carbocycles. The van der Waals surface area contributed by atoms with Crippen LogP contribution in [-0.2, 0) is 16.6 Å². The van der Waals surface area contributed by atoms with Gasteiger partial charge in [-0.25, -0.2) is 22.2 Å². The zero-order chi connectivity index (χ0) is 21.1. The van der Waals surface area contributed by atoms with Crippen LogP contribution in [0, 0.1) is 0 Å². The number of hydrogen-bond acceptors (Lipinski definition) is 4. The van der Waals surface area contributed by atoms with Gasteiger partial charge in [0.2, 0.25) is 10.0 Å². The summed E-state index contributed by atoms with van der Waals surface area (Å²) in [4.78, 5) is 4.57. The van der Waals surface area contributed by atoms with E-state index in [0.29, 0.717) is 17.2 Å². The van der Waals surface area contributed by atoms with Gasteiger partial charge in [-0.15, -0.1) is 0 Å². The van der Waals surface area contributed by atoms with Gasteiger partial charge in [0.25, 0.3) is 0 Å². The molecule has 8 heteroatoms. The Kier molecular flexibility index (Phi) is 5.57. The van der Waals surface area contributed by atoms with Crippen molar-refractivity contribution >= 4 is 45.2 Å². The molecule has 0 amide bonds. The van der Waals surface area contributed by atoms with Crippen molar-refractivity contribution < 1.29 is 8.42 Å². The summed E-state index contributed by atoms with van der Waals surface area (Å²) in [6.45, 7) is 0.156. The van der Waals surface area contributed by atoms with Crippen LogP contribution in [0.15, 0.2) is 72.8 Å². The third-order valence-electron chi connectivity index (χ3n) is 4.50. The highest BCUT2D eigenvalue weighted by molar-refractivity contribution is 7.92. The second-order valence-electron chi connectivity index (χ2n) is 6.75. The largest absolute Gasteiger partial charge is 0.248 e. The lowest BCUT2D eigenvalue weighted by Gasteiger charge is -2.21. The lowest BCUT2D eigenvalue weighted by atomic mass is 10.2. The molecule has 30 heavy (non-hydrogen) atoms. The summed E-state index contributed by atoms with van der Waals surface area (Å²) in [6, 6.07) is 22.4. The first-order chi connectivity index (χ1) is 14.4. The second kappa shape index (κ2) is 8.30. The van der Waals surface area contributed by atoms with Crippen LogP contribution in [0.25, 0.3) is 17.8 Å². The van der Waals surface area contributed by atoms with Gasteiger partial charge in [0.05, 0.1) is 12.8 Å². The fraction of sp³-hybridized carbons (Fsp3) is 0.0909. The molecule has 0 aliphatic rings. The minimum atomic E-state index is -3.62. The van der Waals surface area contributed by atoms with Crippen molar-refractivity contribution in [1.82, 2.24) is 14.6 Å². The minimum absolute atomic E-state index is 0.156. The number of halogens is 1. The van der Waals surface area contributed by atoms with Crippen LogP contribution in [-0.4, -0.2) is 29.3 Å². The van der Waals surface area contributed by atoms with Crippen LogP contribution in [0.2, 0.25) is 5.15 Å². The first kappa shape index (κ1) is 20.1. The molecule has 0 unspecified atom stereocenters.